The lowest BCUT2D eigenvalue weighted by Gasteiger charge is -2.23. The minimum absolute atomic E-state index is 0.0410. The number of carbonyl (C=O) groups is 2. The number of nitrogens with one attached hydrogen (secondary N) is 1. The Balaban J connectivity index is 2.17. The van der Waals surface area contributed by atoms with Gasteiger partial charge in [0, 0.05) is 13.7 Å². The number of nitrogens with zero attached hydrogens (tertiary/aromatic N) is 2. The van der Waals surface area contributed by atoms with E-state index >= 15 is 0 Å². The van der Waals surface area contributed by atoms with Gasteiger partial charge in [-0.2, -0.15) is 0 Å². The number of imidazole rings is 1. The van der Waals surface area contributed by atoms with Crippen LogP contribution in [0.15, 0.2) is 6.33 Å². The van der Waals surface area contributed by atoms with Gasteiger partial charge < -0.3 is 19.4 Å². The van der Waals surface area contributed by atoms with Crippen molar-refractivity contribution < 1.29 is 19.1 Å². The van der Waals surface area contributed by atoms with E-state index in [-0.39, 0.29) is 29.9 Å². The van der Waals surface area contributed by atoms with Crippen molar-refractivity contribution in [3.05, 3.63) is 17.7 Å². The first-order valence-corrected chi connectivity index (χ1v) is 6.69. The molecule has 1 atom stereocenters. The van der Waals surface area contributed by atoms with Crippen molar-refractivity contribution >= 4 is 11.9 Å². The molecule has 7 nitrogen and oxygen atoms in total. The smallest absolute Gasteiger partial charge is 0.357 e. The Kier molecular flexibility index (Phi) is 4.73. The molecule has 1 amide bonds. The lowest BCUT2D eigenvalue weighted by molar-refractivity contribution is 0.0505. The highest BCUT2D eigenvalue weighted by atomic mass is 16.5. The number of aromatic nitrogens is 2. The molecule has 7 heteroatoms. The number of carbonyl (C=O) groups excluding carboxylic acids is 2. The van der Waals surface area contributed by atoms with Gasteiger partial charge >= 0.3 is 5.97 Å². The molecule has 1 N–H and O–H groups in total. The van der Waals surface area contributed by atoms with Crippen molar-refractivity contribution in [2.75, 3.05) is 26.9 Å². The highest BCUT2D eigenvalue weighted by Crippen LogP contribution is 2.21. The average molecular weight is 281 g/mol. The number of likely N-dealkylation sites (tertiary alicyclic amines) is 1. The summed E-state index contributed by atoms with van der Waals surface area (Å²) in [5.74, 6) is -0.815. The van der Waals surface area contributed by atoms with Gasteiger partial charge in [-0.05, 0) is 19.8 Å². The number of aromatic amines is 1. The third-order valence-corrected chi connectivity index (χ3v) is 3.32. The summed E-state index contributed by atoms with van der Waals surface area (Å²) < 4.78 is 10.0. The van der Waals surface area contributed by atoms with E-state index in [1.807, 2.05) is 0 Å². The molecule has 0 aliphatic carbocycles. The third-order valence-electron chi connectivity index (χ3n) is 3.32. The topological polar surface area (TPSA) is 84.5 Å². The maximum Gasteiger partial charge on any atom is 0.357 e. The quantitative estimate of drug-likeness (QED) is 0.808. The fourth-order valence-electron chi connectivity index (χ4n) is 2.42. The Bertz CT molecular complexity index is 486. The molecule has 1 fully saturated rings. The molecule has 0 unspecified atom stereocenters. The molecule has 1 aromatic rings. The minimum Gasteiger partial charge on any atom is -0.461 e. The van der Waals surface area contributed by atoms with Gasteiger partial charge in [-0.15, -0.1) is 0 Å². The Morgan fingerprint density at radius 1 is 1.55 bits per heavy atom. The zero-order valence-corrected chi connectivity index (χ0v) is 11.7. The van der Waals surface area contributed by atoms with Gasteiger partial charge in [-0.1, -0.05) is 0 Å². The molecular weight excluding hydrogens is 262 g/mol. The normalized spacial score (nSPS) is 18.3. The standard InChI is InChI=1S/C13H19N3O4/c1-3-20-13(18)11-10(14-8-15-11)12(17)16-6-4-5-9(16)7-19-2/h8-9H,3-7H2,1-2H3,(H,14,15)/t9-/m1/s1. The zero-order valence-electron chi connectivity index (χ0n) is 11.7. The molecule has 0 aromatic carbocycles. The second-order valence-corrected chi connectivity index (χ2v) is 4.60. The summed E-state index contributed by atoms with van der Waals surface area (Å²) in [6, 6.07) is 0.0410. The van der Waals surface area contributed by atoms with E-state index in [4.69, 9.17) is 9.47 Å². The predicted octanol–water partition coefficient (Wildman–Crippen LogP) is 0.837. The van der Waals surface area contributed by atoms with E-state index in [9.17, 15) is 9.59 Å². The van der Waals surface area contributed by atoms with E-state index in [2.05, 4.69) is 9.97 Å². The van der Waals surface area contributed by atoms with E-state index in [0.29, 0.717) is 13.2 Å². The molecule has 0 radical (unpaired) electrons. The van der Waals surface area contributed by atoms with Crippen molar-refractivity contribution in [3.8, 4) is 0 Å². The van der Waals surface area contributed by atoms with Crippen LogP contribution in [-0.2, 0) is 9.47 Å². The molecule has 0 bridgehead atoms. The number of hydrogen-bond acceptors (Lipinski definition) is 5. The van der Waals surface area contributed by atoms with Crippen molar-refractivity contribution in [1.29, 1.82) is 0 Å². The van der Waals surface area contributed by atoms with Crippen LogP contribution in [0.25, 0.3) is 0 Å². The van der Waals surface area contributed by atoms with Gasteiger partial charge in [0.2, 0.25) is 0 Å². The SMILES string of the molecule is CCOC(=O)c1[nH]cnc1C(=O)N1CCC[C@@H]1COC. The molecule has 2 rings (SSSR count). The second-order valence-electron chi connectivity index (χ2n) is 4.60. The molecule has 1 aliphatic heterocycles. The van der Waals surface area contributed by atoms with Crippen LogP contribution in [-0.4, -0.2) is 59.7 Å². The van der Waals surface area contributed by atoms with Crippen molar-refractivity contribution in [2.24, 2.45) is 0 Å². The van der Waals surface area contributed by atoms with Gasteiger partial charge in [0.1, 0.15) is 0 Å². The third kappa shape index (κ3) is 2.82. The molecule has 1 aliphatic rings. The fourth-order valence-corrected chi connectivity index (χ4v) is 2.42. The lowest BCUT2D eigenvalue weighted by Crippen LogP contribution is -2.39. The molecule has 2 heterocycles. The largest absolute Gasteiger partial charge is 0.461 e. The van der Waals surface area contributed by atoms with Gasteiger partial charge in [-0.3, -0.25) is 4.79 Å². The van der Waals surface area contributed by atoms with Crippen LogP contribution in [0.3, 0.4) is 0 Å². The molecule has 1 saturated heterocycles. The van der Waals surface area contributed by atoms with Gasteiger partial charge in [0.25, 0.3) is 5.91 Å². The molecule has 0 spiro atoms. The summed E-state index contributed by atoms with van der Waals surface area (Å²) in [6.45, 7) is 3.11. The number of ether oxygens (including phenoxy) is 2. The van der Waals surface area contributed by atoms with E-state index in [0.717, 1.165) is 12.8 Å². The van der Waals surface area contributed by atoms with Crippen LogP contribution in [0.5, 0.6) is 0 Å². The Morgan fingerprint density at radius 3 is 3.05 bits per heavy atom. The van der Waals surface area contributed by atoms with Crippen molar-refractivity contribution in [1.82, 2.24) is 14.9 Å². The van der Waals surface area contributed by atoms with Crippen LogP contribution in [0, 0.1) is 0 Å². The van der Waals surface area contributed by atoms with E-state index < -0.39 is 5.97 Å². The van der Waals surface area contributed by atoms with E-state index in [1.54, 1.807) is 18.9 Å². The summed E-state index contributed by atoms with van der Waals surface area (Å²) in [5.41, 5.74) is 0.228. The monoisotopic (exact) mass is 281 g/mol. The Labute approximate surface area is 117 Å². The van der Waals surface area contributed by atoms with Crippen molar-refractivity contribution in [2.45, 2.75) is 25.8 Å². The number of amides is 1. The number of esters is 1. The molecule has 1 aromatic heterocycles. The first-order valence-electron chi connectivity index (χ1n) is 6.69. The molecule has 20 heavy (non-hydrogen) atoms. The number of H-pyrrole nitrogens is 1. The maximum absolute atomic E-state index is 12.5. The van der Waals surface area contributed by atoms with Crippen LogP contribution in [0.4, 0.5) is 0 Å². The first kappa shape index (κ1) is 14.5. The summed E-state index contributed by atoms with van der Waals surface area (Å²) in [7, 11) is 1.61. The summed E-state index contributed by atoms with van der Waals surface area (Å²) >= 11 is 0. The van der Waals surface area contributed by atoms with Gasteiger partial charge in [0.05, 0.1) is 25.6 Å². The maximum atomic E-state index is 12.5. The van der Waals surface area contributed by atoms with E-state index in [1.165, 1.54) is 6.33 Å². The summed E-state index contributed by atoms with van der Waals surface area (Å²) in [5, 5.41) is 0. The first-order chi connectivity index (χ1) is 9.69. The average Bonchev–Trinajstić information content (AvgIpc) is 3.07. The molecule has 110 valence electrons. The molecular formula is C13H19N3O4. The number of rotatable bonds is 5. The minimum atomic E-state index is -0.559. The fraction of sp³-hybridized carbons (Fsp3) is 0.615. The highest BCUT2D eigenvalue weighted by molar-refractivity contribution is 6.03. The highest BCUT2D eigenvalue weighted by Gasteiger charge is 2.33. The van der Waals surface area contributed by atoms with Crippen molar-refractivity contribution in [3.63, 3.8) is 0 Å². The number of methoxy groups -OCH3 is 1. The van der Waals surface area contributed by atoms with Crippen LogP contribution < -0.4 is 0 Å². The van der Waals surface area contributed by atoms with Crippen LogP contribution in [0.1, 0.15) is 40.7 Å². The summed E-state index contributed by atoms with van der Waals surface area (Å²) in [4.78, 5) is 32.6. The molecule has 0 saturated carbocycles. The summed E-state index contributed by atoms with van der Waals surface area (Å²) in [6.07, 6.45) is 3.17. The Morgan fingerprint density at radius 2 is 2.35 bits per heavy atom. The van der Waals surface area contributed by atoms with Gasteiger partial charge in [-0.25, -0.2) is 9.78 Å². The predicted molar refractivity (Wildman–Crippen MR) is 70.5 cm³/mol. The second kappa shape index (κ2) is 6.51. The lowest BCUT2D eigenvalue weighted by atomic mass is 10.2. The van der Waals surface area contributed by atoms with Crippen LogP contribution in [0.2, 0.25) is 0 Å². The number of hydrogen-bond donors (Lipinski definition) is 1. The Hall–Kier alpha value is -1.89. The zero-order chi connectivity index (χ0) is 14.5. The van der Waals surface area contributed by atoms with Gasteiger partial charge in [0.15, 0.2) is 11.4 Å². The van der Waals surface area contributed by atoms with Crippen LogP contribution >= 0.6 is 0 Å².